The topological polar surface area (TPSA) is 45.8 Å². The van der Waals surface area contributed by atoms with Crippen LogP contribution in [-0.4, -0.2) is 15.8 Å². The minimum absolute atomic E-state index is 0.00236. The molecule has 2 heterocycles. The Hall–Kier alpha value is -1.21. The van der Waals surface area contributed by atoms with E-state index in [9.17, 15) is 4.79 Å². The molecule has 0 saturated heterocycles. The van der Waals surface area contributed by atoms with Gasteiger partial charge < -0.3 is 4.98 Å². The van der Waals surface area contributed by atoms with Gasteiger partial charge in [-0.25, -0.2) is 4.98 Å². The van der Waals surface area contributed by atoms with Crippen LogP contribution < -0.4 is 0 Å². The first kappa shape index (κ1) is 12.8. The summed E-state index contributed by atoms with van der Waals surface area (Å²) in [4.78, 5) is 19.7. The van der Waals surface area contributed by atoms with Gasteiger partial charge in [-0.3, -0.25) is 4.79 Å². The van der Waals surface area contributed by atoms with Gasteiger partial charge in [-0.2, -0.15) is 0 Å². The normalized spacial score (nSPS) is 10.8. The molecule has 0 aliphatic carbocycles. The molecule has 19 heavy (non-hydrogen) atoms. The van der Waals surface area contributed by atoms with Crippen molar-refractivity contribution in [2.24, 2.45) is 0 Å². The van der Waals surface area contributed by atoms with Crippen molar-refractivity contribution in [1.82, 2.24) is 9.97 Å². The van der Waals surface area contributed by atoms with Crippen LogP contribution in [0.4, 0.5) is 0 Å². The number of nitrogens with one attached hydrogen (secondary N) is 1. The Morgan fingerprint density at radius 2 is 2.00 bits per heavy atom. The molecule has 0 aliphatic rings. The minimum atomic E-state index is 0.00236. The number of carbonyl (C=O) groups is 1. The molecular formula is C14H8BrIN2O. The first-order valence-corrected chi connectivity index (χ1v) is 7.45. The number of rotatable bonds is 2. The van der Waals surface area contributed by atoms with Gasteiger partial charge in [0, 0.05) is 36.9 Å². The molecule has 0 aliphatic heterocycles. The van der Waals surface area contributed by atoms with Gasteiger partial charge in [0.25, 0.3) is 0 Å². The number of nitrogens with zero attached hydrogens (tertiary/aromatic N) is 1. The maximum Gasteiger partial charge on any atom is 0.195 e. The molecule has 0 bridgehead atoms. The van der Waals surface area contributed by atoms with E-state index < -0.39 is 0 Å². The Kier molecular flexibility index (Phi) is 3.40. The van der Waals surface area contributed by atoms with E-state index in [0.717, 1.165) is 19.1 Å². The first-order valence-electron chi connectivity index (χ1n) is 5.58. The van der Waals surface area contributed by atoms with Gasteiger partial charge in [-0.1, -0.05) is 0 Å². The van der Waals surface area contributed by atoms with Crippen LogP contribution in [0.25, 0.3) is 11.0 Å². The molecule has 0 fully saturated rings. The fourth-order valence-electron chi connectivity index (χ4n) is 1.92. The highest BCUT2D eigenvalue weighted by Crippen LogP contribution is 2.23. The van der Waals surface area contributed by atoms with Gasteiger partial charge in [-0.15, -0.1) is 0 Å². The molecular weight excluding hydrogens is 419 g/mol. The van der Waals surface area contributed by atoms with Crippen LogP contribution in [0.1, 0.15) is 15.9 Å². The standard InChI is InChI=1S/C14H8BrIN2O/c15-9-5-11-12(7-18-14(11)17-6-9)13(19)8-1-3-10(16)4-2-8/h1-7H,(H,17,18). The van der Waals surface area contributed by atoms with Crippen molar-refractivity contribution in [3.05, 3.63) is 61.9 Å². The highest BCUT2D eigenvalue weighted by Gasteiger charge is 2.14. The monoisotopic (exact) mass is 426 g/mol. The van der Waals surface area contributed by atoms with E-state index in [-0.39, 0.29) is 5.78 Å². The van der Waals surface area contributed by atoms with E-state index in [4.69, 9.17) is 0 Å². The summed E-state index contributed by atoms with van der Waals surface area (Å²) in [5.74, 6) is 0.00236. The summed E-state index contributed by atoms with van der Waals surface area (Å²) >= 11 is 5.60. The van der Waals surface area contributed by atoms with Gasteiger partial charge in [-0.05, 0) is 68.9 Å². The Bertz CT molecular complexity index is 765. The minimum Gasteiger partial charge on any atom is -0.345 e. The van der Waals surface area contributed by atoms with E-state index in [2.05, 4.69) is 48.5 Å². The molecule has 3 aromatic rings. The lowest BCUT2D eigenvalue weighted by Crippen LogP contribution is -2.00. The number of H-pyrrole nitrogens is 1. The Morgan fingerprint density at radius 1 is 1.26 bits per heavy atom. The number of pyridine rings is 1. The number of aromatic amines is 1. The van der Waals surface area contributed by atoms with Crippen LogP contribution in [0, 0.1) is 3.57 Å². The number of ketones is 1. The summed E-state index contributed by atoms with van der Waals surface area (Å²) in [6, 6.07) is 9.44. The van der Waals surface area contributed by atoms with E-state index >= 15 is 0 Å². The number of hydrogen-bond acceptors (Lipinski definition) is 2. The fraction of sp³-hybridized carbons (Fsp3) is 0. The first-order chi connectivity index (χ1) is 9.15. The predicted octanol–water partition coefficient (Wildman–Crippen LogP) is 4.16. The molecule has 1 N–H and O–H groups in total. The lowest BCUT2D eigenvalue weighted by Gasteiger charge is -2.00. The fourth-order valence-corrected chi connectivity index (χ4v) is 2.61. The average molecular weight is 427 g/mol. The molecule has 3 nitrogen and oxygen atoms in total. The second-order valence-electron chi connectivity index (χ2n) is 4.09. The number of hydrogen-bond donors (Lipinski definition) is 1. The number of halogens is 2. The molecule has 94 valence electrons. The van der Waals surface area contributed by atoms with Crippen molar-refractivity contribution in [3.8, 4) is 0 Å². The van der Waals surface area contributed by atoms with Gasteiger partial charge >= 0.3 is 0 Å². The molecule has 2 aromatic heterocycles. The molecule has 0 spiro atoms. The molecule has 0 amide bonds. The summed E-state index contributed by atoms with van der Waals surface area (Å²) < 4.78 is 1.97. The zero-order chi connectivity index (χ0) is 13.4. The van der Waals surface area contributed by atoms with Gasteiger partial charge in [0.1, 0.15) is 5.65 Å². The van der Waals surface area contributed by atoms with Gasteiger partial charge in [0.2, 0.25) is 0 Å². The number of aromatic nitrogens is 2. The molecule has 0 radical (unpaired) electrons. The summed E-state index contributed by atoms with van der Waals surface area (Å²) in [7, 11) is 0. The van der Waals surface area contributed by atoms with Crippen molar-refractivity contribution in [3.63, 3.8) is 0 Å². The van der Waals surface area contributed by atoms with E-state index in [1.807, 2.05) is 30.3 Å². The average Bonchev–Trinajstić information content (AvgIpc) is 2.81. The van der Waals surface area contributed by atoms with Crippen LogP contribution >= 0.6 is 38.5 Å². The predicted molar refractivity (Wildman–Crippen MR) is 86.4 cm³/mol. The highest BCUT2D eigenvalue weighted by molar-refractivity contribution is 14.1. The molecule has 0 atom stereocenters. The van der Waals surface area contributed by atoms with Crippen LogP contribution in [-0.2, 0) is 0 Å². The molecule has 5 heteroatoms. The number of benzene rings is 1. The van der Waals surface area contributed by atoms with Crippen molar-refractivity contribution in [1.29, 1.82) is 0 Å². The third-order valence-electron chi connectivity index (χ3n) is 2.85. The second kappa shape index (κ2) is 5.05. The maximum atomic E-state index is 12.5. The summed E-state index contributed by atoms with van der Waals surface area (Å²) in [5, 5.41) is 0.831. The number of carbonyl (C=O) groups excluding carboxylic acids is 1. The van der Waals surface area contributed by atoms with Gasteiger partial charge in [0.05, 0.1) is 0 Å². The van der Waals surface area contributed by atoms with Crippen molar-refractivity contribution < 1.29 is 4.79 Å². The summed E-state index contributed by atoms with van der Waals surface area (Å²) in [6.45, 7) is 0. The lowest BCUT2D eigenvalue weighted by molar-refractivity contribution is 0.104. The molecule has 1 aromatic carbocycles. The molecule has 0 unspecified atom stereocenters. The quantitative estimate of drug-likeness (QED) is 0.494. The molecule has 0 saturated carbocycles. The highest BCUT2D eigenvalue weighted by atomic mass is 127. The third-order valence-corrected chi connectivity index (χ3v) is 4.00. The second-order valence-corrected chi connectivity index (χ2v) is 6.25. The van der Waals surface area contributed by atoms with Crippen LogP contribution in [0.15, 0.2) is 47.2 Å². The lowest BCUT2D eigenvalue weighted by atomic mass is 10.0. The maximum absolute atomic E-state index is 12.5. The van der Waals surface area contributed by atoms with Crippen LogP contribution in [0.5, 0.6) is 0 Å². The van der Waals surface area contributed by atoms with Gasteiger partial charge in [0.15, 0.2) is 5.78 Å². The van der Waals surface area contributed by atoms with Crippen molar-refractivity contribution >= 4 is 55.3 Å². The Morgan fingerprint density at radius 3 is 2.74 bits per heavy atom. The zero-order valence-corrected chi connectivity index (χ0v) is 13.4. The van der Waals surface area contributed by atoms with E-state index in [1.54, 1.807) is 12.4 Å². The summed E-state index contributed by atoms with van der Waals surface area (Å²) in [5.41, 5.74) is 2.04. The largest absolute Gasteiger partial charge is 0.345 e. The third kappa shape index (κ3) is 2.44. The Labute approximate surface area is 131 Å². The zero-order valence-electron chi connectivity index (χ0n) is 9.65. The summed E-state index contributed by atoms with van der Waals surface area (Å²) in [6.07, 6.45) is 3.42. The van der Waals surface area contributed by atoms with Crippen LogP contribution in [0.3, 0.4) is 0 Å². The Balaban J connectivity index is 2.11. The van der Waals surface area contributed by atoms with E-state index in [0.29, 0.717) is 11.1 Å². The molecule has 3 rings (SSSR count). The number of fused-ring (bicyclic) bond motifs is 1. The SMILES string of the molecule is O=C(c1ccc(I)cc1)c1c[nH]c2ncc(Br)cc12. The van der Waals surface area contributed by atoms with Crippen molar-refractivity contribution in [2.45, 2.75) is 0 Å². The van der Waals surface area contributed by atoms with E-state index in [1.165, 1.54) is 0 Å². The van der Waals surface area contributed by atoms with Crippen molar-refractivity contribution in [2.75, 3.05) is 0 Å². The van der Waals surface area contributed by atoms with Crippen LogP contribution in [0.2, 0.25) is 0 Å². The smallest absolute Gasteiger partial charge is 0.195 e.